The fourth-order valence-electron chi connectivity index (χ4n) is 3.59. The maximum atomic E-state index is 12.5. The van der Waals surface area contributed by atoms with Crippen LogP contribution in [0.4, 0.5) is 5.82 Å². The zero-order chi connectivity index (χ0) is 18.5. The molecule has 1 amide bonds. The van der Waals surface area contributed by atoms with Crippen molar-refractivity contribution in [2.45, 2.75) is 25.7 Å². The number of nitrogens with zero attached hydrogens (tertiary/aromatic N) is 4. The van der Waals surface area contributed by atoms with Gasteiger partial charge in [-0.1, -0.05) is 12.1 Å². The van der Waals surface area contributed by atoms with Gasteiger partial charge in [-0.05, 0) is 31.4 Å². The second-order valence-electron chi connectivity index (χ2n) is 6.94. The number of aryl methyl sites for hydroxylation is 1. The fourth-order valence-corrected chi connectivity index (χ4v) is 3.59. The number of hydrogen-bond acceptors (Lipinski definition) is 5. The van der Waals surface area contributed by atoms with Gasteiger partial charge in [0.2, 0.25) is 5.91 Å². The number of nitrogens with one attached hydrogen (secondary N) is 2. The van der Waals surface area contributed by atoms with Gasteiger partial charge in [-0.2, -0.15) is 0 Å². The molecule has 1 fully saturated rings. The lowest BCUT2D eigenvalue weighted by molar-refractivity contribution is -0.125. The van der Waals surface area contributed by atoms with Gasteiger partial charge in [-0.3, -0.25) is 9.78 Å². The van der Waals surface area contributed by atoms with E-state index in [4.69, 9.17) is 0 Å². The van der Waals surface area contributed by atoms with Crippen LogP contribution in [0.2, 0.25) is 0 Å². The van der Waals surface area contributed by atoms with Crippen LogP contribution < -0.4 is 10.2 Å². The van der Waals surface area contributed by atoms with Crippen LogP contribution in [0.15, 0.2) is 42.9 Å². The smallest absolute Gasteiger partial charge is 0.224 e. The van der Waals surface area contributed by atoms with Crippen molar-refractivity contribution in [3.8, 4) is 0 Å². The molecule has 1 saturated heterocycles. The summed E-state index contributed by atoms with van der Waals surface area (Å²) in [4.78, 5) is 31.0. The van der Waals surface area contributed by atoms with Gasteiger partial charge in [0.1, 0.15) is 11.6 Å². The average Bonchev–Trinajstić information content (AvgIpc) is 3.15. The first kappa shape index (κ1) is 17.5. The Bertz CT molecular complexity index is 861. The standard InChI is InChI=1S/C20H24N6O/c27-20(15-5-4-12-26(14-15)19-13-21-10-11-22-19)23-9-3-8-18-24-16-6-1-2-7-17(16)25-18/h1-2,6-7,10-11,13,15H,3-5,8-9,12,14H2,(H,23,27)(H,24,25)/t15-/m1/s1. The Kier molecular flexibility index (Phi) is 5.27. The summed E-state index contributed by atoms with van der Waals surface area (Å²) in [6, 6.07) is 8.02. The van der Waals surface area contributed by atoms with Crippen LogP contribution >= 0.6 is 0 Å². The maximum Gasteiger partial charge on any atom is 0.224 e. The number of anilines is 1. The summed E-state index contributed by atoms with van der Waals surface area (Å²) in [5.41, 5.74) is 2.05. The van der Waals surface area contributed by atoms with Gasteiger partial charge in [0.05, 0.1) is 23.1 Å². The minimum absolute atomic E-state index is 0.00644. The molecular formula is C20H24N6O. The van der Waals surface area contributed by atoms with Crippen LogP contribution in [0.3, 0.4) is 0 Å². The number of hydrogen-bond donors (Lipinski definition) is 2. The summed E-state index contributed by atoms with van der Waals surface area (Å²) < 4.78 is 0. The van der Waals surface area contributed by atoms with Crippen molar-refractivity contribution in [1.29, 1.82) is 0 Å². The molecule has 140 valence electrons. The number of carbonyl (C=O) groups excluding carboxylic acids is 1. The highest BCUT2D eigenvalue weighted by molar-refractivity contribution is 5.79. The number of aromatic amines is 1. The SMILES string of the molecule is O=C(NCCCc1nc2ccccc2[nH]1)[C@@H]1CCCN(c2cnccn2)C1. The van der Waals surface area contributed by atoms with E-state index in [2.05, 4.69) is 30.2 Å². The van der Waals surface area contributed by atoms with E-state index in [-0.39, 0.29) is 11.8 Å². The van der Waals surface area contributed by atoms with E-state index in [0.29, 0.717) is 13.1 Å². The minimum atomic E-state index is 0.00644. The van der Waals surface area contributed by atoms with Crippen molar-refractivity contribution in [1.82, 2.24) is 25.3 Å². The van der Waals surface area contributed by atoms with Gasteiger partial charge in [0.25, 0.3) is 0 Å². The third kappa shape index (κ3) is 4.24. The molecule has 0 bridgehead atoms. The molecule has 1 atom stereocenters. The third-order valence-electron chi connectivity index (χ3n) is 4.99. The molecule has 7 heteroatoms. The number of carbonyl (C=O) groups is 1. The Morgan fingerprint density at radius 1 is 1.30 bits per heavy atom. The Hall–Kier alpha value is -2.96. The molecule has 2 aromatic heterocycles. The first-order valence-corrected chi connectivity index (χ1v) is 9.52. The monoisotopic (exact) mass is 364 g/mol. The van der Waals surface area contributed by atoms with Crippen molar-refractivity contribution in [3.63, 3.8) is 0 Å². The maximum absolute atomic E-state index is 12.5. The van der Waals surface area contributed by atoms with Crippen molar-refractivity contribution in [2.24, 2.45) is 5.92 Å². The first-order valence-electron chi connectivity index (χ1n) is 9.52. The number of piperidine rings is 1. The Balaban J connectivity index is 1.24. The molecule has 1 aromatic carbocycles. The van der Waals surface area contributed by atoms with E-state index in [1.807, 2.05) is 24.3 Å². The van der Waals surface area contributed by atoms with Crippen LogP contribution in [-0.4, -0.2) is 45.5 Å². The summed E-state index contributed by atoms with van der Waals surface area (Å²) in [6.07, 6.45) is 8.72. The zero-order valence-corrected chi connectivity index (χ0v) is 15.3. The predicted octanol–water partition coefficient (Wildman–Crippen LogP) is 2.32. The number of para-hydroxylation sites is 2. The van der Waals surface area contributed by atoms with Crippen molar-refractivity contribution in [2.75, 3.05) is 24.5 Å². The zero-order valence-electron chi connectivity index (χ0n) is 15.3. The second-order valence-corrected chi connectivity index (χ2v) is 6.94. The Morgan fingerprint density at radius 3 is 3.07 bits per heavy atom. The molecule has 3 aromatic rings. The average molecular weight is 364 g/mol. The lowest BCUT2D eigenvalue weighted by Gasteiger charge is -2.32. The van der Waals surface area contributed by atoms with Crippen LogP contribution in [0.5, 0.6) is 0 Å². The number of imidazole rings is 1. The quantitative estimate of drug-likeness (QED) is 0.656. The van der Waals surface area contributed by atoms with Gasteiger partial charge in [-0.25, -0.2) is 9.97 Å². The van der Waals surface area contributed by atoms with E-state index < -0.39 is 0 Å². The van der Waals surface area contributed by atoms with Gasteiger partial charge in [-0.15, -0.1) is 0 Å². The molecule has 0 saturated carbocycles. The number of amides is 1. The first-order chi connectivity index (χ1) is 13.3. The predicted molar refractivity (Wildman–Crippen MR) is 104 cm³/mol. The molecule has 4 rings (SSSR count). The van der Waals surface area contributed by atoms with Gasteiger partial charge in [0, 0.05) is 38.4 Å². The fraction of sp³-hybridized carbons (Fsp3) is 0.400. The molecule has 27 heavy (non-hydrogen) atoms. The van der Waals surface area contributed by atoms with E-state index >= 15 is 0 Å². The Morgan fingerprint density at radius 2 is 2.22 bits per heavy atom. The van der Waals surface area contributed by atoms with Crippen molar-refractivity contribution in [3.05, 3.63) is 48.7 Å². The molecule has 2 N–H and O–H groups in total. The number of H-pyrrole nitrogens is 1. The largest absolute Gasteiger partial charge is 0.356 e. The van der Waals surface area contributed by atoms with Gasteiger partial charge >= 0.3 is 0 Å². The number of aromatic nitrogens is 4. The topological polar surface area (TPSA) is 86.8 Å². The molecular weight excluding hydrogens is 340 g/mol. The van der Waals surface area contributed by atoms with E-state index in [0.717, 1.165) is 54.9 Å². The molecule has 3 heterocycles. The number of benzene rings is 1. The van der Waals surface area contributed by atoms with Gasteiger partial charge < -0.3 is 15.2 Å². The van der Waals surface area contributed by atoms with E-state index in [1.54, 1.807) is 18.6 Å². The van der Waals surface area contributed by atoms with Gasteiger partial charge in [0.15, 0.2) is 0 Å². The highest BCUT2D eigenvalue weighted by atomic mass is 16.1. The lowest BCUT2D eigenvalue weighted by Crippen LogP contribution is -2.43. The summed E-state index contributed by atoms with van der Waals surface area (Å²) in [6.45, 7) is 2.29. The molecule has 7 nitrogen and oxygen atoms in total. The Labute approximate surface area is 158 Å². The van der Waals surface area contributed by atoms with Crippen LogP contribution in [0, 0.1) is 5.92 Å². The number of fused-ring (bicyclic) bond motifs is 1. The van der Waals surface area contributed by atoms with Crippen LogP contribution in [-0.2, 0) is 11.2 Å². The van der Waals surface area contributed by atoms with Crippen LogP contribution in [0.1, 0.15) is 25.1 Å². The van der Waals surface area contributed by atoms with Crippen LogP contribution in [0.25, 0.3) is 11.0 Å². The molecule has 0 spiro atoms. The minimum Gasteiger partial charge on any atom is -0.356 e. The summed E-state index contributed by atoms with van der Waals surface area (Å²) in [5, 5.41) is 3.09. The van der Waals surface area contributed by atoms with Crippen molar-refractivity contribution < 1.29 is 4.79 Å². The normalized spacial score (nSPS) is 17.2. The molecule has 1 aliphatic rings. The third-order valence-corrected chi connectivity index (χ3v) is 4.99. The molecule has 1 aliphatic heterocycles. The molecule has 0 radical (unpaired) electrons. The van der Waals surface area contributed by atoms with E-state index in [1.165, 1.54) is 0 Å². The van der Waals surface area contributed by atoms with E-state index in [9.17, 15) is 4.79 Å². The second kappa shape index (κ2) is 8.16. The summed E-state index contributed by atoms with van der Waals surface area (Å²) in [7, 11) is 0. The summed E-state index contributed by atoms with van der Waals surface area (Å²) >= 11 is 0. The molecule has 0 unspecified atom stereocenters. The molecule has 0 aliphatic carbocycles. The highest BCUT2D eigenvalue weighted by Crippen LogP contribution is 2.21. The lowest BCUT2D eigenvalue weighted by atomic mass is 9.97. The summed E-state index contributed by atoms with van der Waals surface area (Å²) in [5.74, 6) is 1.96. The number of rotatable bonds is 6. The highest BCUT2D eigenvalue weighted by Gasteiger charge is 2.26. The van der Waals surface area contributed by atoms with Crippen molar-refractivity contribution >= 4 is 22.8 Å².